The largest absolute Gasteiger partial charge is 0.573 e. The van der Waals surface area contributed by atoms with Crippen LogP contribution in [-0.4, -0.2) is 17.0 Å². The molecule has 0 spiro atoms. The molecule has 0 aliphatic rings. The molecule has 0 fully saturated rings. The monoisotopic (exact) mass is 346 g/mol. The topological polar surface area (TPSA) is 26.3 Å². The first-order chi connectivity index (χ1) is 8.61. The highest BCUT2D eigenvalue weighted by Crippen LogP contribution is 2.32. The predicted molar refractivity (Wildman–Crippen MR) is 60.8 cm³/mol. The van der Waals surface area contributed by atoms with Crippen LogP contribution in [0.15, 0.2) is 18.2 Å². The average Bonchev–Trinajstić information content (AvgIpc) is 2.25. The van der Waals surface area contributed by atoms with Gasteiger partial charge >= 0.3 is 6.36 Å². The second kappa shape index (κ2) is 5.85. The Morgan fingerprint density at radius 3 is 2.32 bits per heavy atom. The van der Waals surface area contributed by atoms with Crippen LogP contribution in [0.1, 0.15) is 29.3 Å². The summed E-state index contributed by atoms with van der Waals surface area (Å²) in [5, 5.41) is 0. The van der Waals surface area contributed by atoms with Crippen molar-refractivity contribution in [2.75, 3.05) is 0 Å². The molecule has 2 nitrogen and oxygen atoms in total. The van der Waals surface area contributed by atoms with Crippen molar-refractivity contribution < 1.29 is 31.5 Å². The highest BCUT2D eigenvalue weighted by atomic mass is 79.9. The Hall–Kier alpha value is -1.18. The molecule has 0 aromatic heterocycles. The van der Waals surface area contributed by atoms with Crippen LogP contribution in [0.5, 0.6) is 5.75 Å². The van der Waals surface area contributed by atoms with Crippen LogP contribution in [0.3, 0.4) is 0 Å². The Morgan fingerprint density at radius 2 is 1.89 bits per heavy atom. The van der Waals surface area contributed by atoms with E-state index in [1.54, 1.807) is 0 Å². The van der Waals surface area contributed by atoms with E-state index in [-0.39, 0.29) is 0 Å². The molecule has 0 bridgehead atoms. The molecule has 0 aliphatic carbocycles. The van der Waals surface area contributed by atoms with Gasteiger partial charge in [0.25, 0.3) is 6.43 Å². The second-order valence-corrected chi connectivity index (χ2v) is 4.96. The molecular formula is C11H8BrF5O2. The van der Waals surface area contributed by atoms with Crippen molar-refractivity contribution >= 4 is 21.7 Å². The van der Waals surface area contributed by atoms with E-state index in [9.17, 15) is 26.7 Å². The number of carbonyl (C=O) groups excluding carboxylic acids is 1. The fourth-order valence-electron chi connectivity index (χ4n) is 1.30. The Bertz CT molecular complexity index is 471. The van der Waals surface area contributed by atoms with Crippen molar-refractivity contribution in [1.82, 2.24) is 0 Å². The van der Waals surface area contributed by atoms with Crippen LogP contribution in [0.25, 0.3) is 0 Å². The zero-order valence-corrected chi connectivity index (χ0v) is 11.1. The van der Waals surface area contributed by atoms with Gasteiger partial charge in [0.1, 0.15) is 5.75 Å². The molecule has 0 radical (unpaired) electrons. The second-order valence-electron chi connectivity index (χ2n) is 3.58. The molecule has 1 aromatic carbocycles. The number of rotatable bonds is 4. The average molecular weight is 347 g/mol. The first-order valence-electron chi connectivity index (χ1n) is 4.98. The molecule has 0 saturated carbocycles. The van der Waals surface area contributed by atoms with Gasteiger partial charge in [-0.3, -0.25) is 4.79 Å². The molecular weight excluding hydrogens is 339 g/mol. The van der Waals surface area contributed by atoms with Crippen molar-refractivity contribution in [1.29, 1.82) is 0 Å². The summed E-state index contributed by atoms with van der Waals surface area (Å²) in [4.78, 5) is 10.9. The van der Waals surface area contributed by atoms with E-state index in [1.165, 1.54) is 6.92 Å². The zero-order valence-electron chi connectivity index (χ0n) is 9.47. The minimum Gasteiger partial charge on any atom is -0.405 e. The molecule has 0 N–H and O–H groups in total. The van der Waals surface area contributed by atoms with Crippen molar-refractivity contribution in [3.8, 4) is 5.75 Å². The van der Waals surface area contributed by atoms with Crippen LogP contribution in [-0.2, 0) is 0 Å². The number of carbonyl (C=O) groups is 1. The number of ketones is 1. The minimum atomic E-state index is -5.06. The summed E-state index contributed by atoms with van der Waals surface area (Å²) in [5.41, 5.74) is -1.07. The molecule has 0 amide bonds. The third-order valence-corrected chi connectivity index (χ3v) is 2.53. The standard InChI is InChI=1S/C11H8BrF5O2/c1-5(12)9(18)7-3-2-6(10(13)14)4-8(7)19-11(15,16)17/h2-5,10H,1H3. The molecule has 1 atom stereocenters. The number of Topliss-reactive ketones (excluding diaryl/α,β-unsaturated/α-hetero) is 1. The molecule has 19 heavy (non-hydrogen) atoms. The lowest BCUT2D eigenvalue weighted by Crippen LogP contribution is -2.20. The number of hydrogen-bond donors (Lipinski definition) is 0. The Labute approximate surface area is 113 Å². The summed E-state index contributed by atoms with van der Waals surface area (Å²) < 4.78 is 65.1. The quantitative estimate of drug-likeness (QED) is 0.456. The summed E-state index contributed by atoms with van der Waals surface area (Å²) in [6.45, 7) is 1.40. The Morgan fingerprint density at radius 1 is 1.32 bits per heavy atom. The molecule has 0 aliphatic heterocycles. The van der Waals surface area contributed by atoms with Gasteiger partial charge < -0.3 is 4.74 Å². The molecule has 0 saturated heterocycles. The van der Waals surface area contributed by atoms with E-state index < -0.39 is 40.3 Å². The lowest BCUT2D eigenvalue weighted by molar-refractivity contribution is -0.274. The van der Waals surface area contributed by atoms with Crippen LogP contribution in [0.4, 0.5) is 22.0 Å². The number of benzene rings is 1. The maximum Gasteiger partial charge on any atom is 0.573 e. The van der Waals surface area contributed by atoms with Gasteiger partial charge in [-0.15, -0.1) is 13.2 Å². The van der Waals surface area contributed by atoms with Gasteiger partial charge in [-0.25, -0.2) is 8.78 Å². The van der Waals surface area contributed by atoms with Gasteiger partial charge in [0, 0.05) is 5.56 Å². The van der Waals surface area contributed by atoms with E-state index in [0.29, 0.717) is 6.07 Å². The molecule has 1 rings (SSSR count). The van der Waals surface area contributed by atoms with Gasteiger partial charge in [-0.1, -0.05) is 22.0 Å². The summed E-state index contributed by atoms with van der Waals surface area (Å²) in [5.74, 6) is -1.62. The van der Waals surface area contributed by atoms with E-state index in [2.05, 4.69) is 20.7 Å². The van der Waals surface area contributed by atoms with Gasteiger partial charge in [0.2, 0.25) is 0 Å². The highest BCUT2D eigenvalue weighted by Gasteiger charge is 2.33. The molecule has 106 valence electrons. The van der Waals surface area contributed by atoms with Gasteiger partial charge in [-0.05, 0) is 19.1 Å². The summed E-state index contributed by atoms with van der Waals surface area (Å²) >= 11 is 2.90. The highest BCUT2D eigenvalue weighted by molar-refractivity contribution is 9.10. The summed E-state index contributed by atoms with van der Waals surface area (Å²) in [7, 11) is 0. The maximum atomic E-state index is 12.4. The summed E-state index contributed by atoms with van der Waals surface area (Å²) in [6.07, 6.45) is -8.02. The van der Waals surface area contributed by atoms with E-state index in [4.69, 9.17) is 0 Å². The smallest absolute Gasteiger partial charge is 0.405 e. The molecule has 1 unspecified atom stereocenters. The first-order valence-corrected chi connectivity index (χ1v) is 5.89. The van der Waals surface area contributed by atoms with E-state index >= 15 is 0 Å². The number of alkyl halides is 6. The normalized spacial score (nSPS) is 13.5. The van der Waals surface area contributed by atoms with Crippen LogP contribution in [0.2, 0.25) is 0 Å². The zero-order chi connectivity index (χ0) is 14.8. The predicted octanol–water partition coefficient (Wildman–Crippen LogP) is 4.49. The fourth-order valence-corrected chi connectivity index (χ4v) is 1.55. The molecule has 0 heterocycles. The van der Waals surface area contributed by atoms with Crippen LogP contribution < -0.4 is 4.74 Å². The summed E-state index contributed by atoms with van der Waals surface area (Å²) in [6, 6.07) is 2.29. The number of halogens is 6. The van der Waals surface area contributed by atoms with Gasteiger partial charge in [0.05, 0.1) is 10.4 Å². The van der Waals surface area contributed by atoms with E-state index in [0.717, 1.165) is 12.1 Å². The van der Waals surface area contributed by atoms with Crippen molar-refractivity contribution in [3.05, 3.63) is 29.3 Å². The lowest BCUT2D eigenvalue weighted by Gasteiger charge is -2.14. The van der Waals surface area contributed by atoms with Gasteiger partial charge in [0.15, 0.2) is 5.78 Å². The van der Waals surface area contributed by atoms with Gasteiger partial charge in [-0.2, -0.15) is 0 Å². The van der Waals surface area contributed by atoms with Crippen molar-refractivity contribution in [2.45, 2.75) is 24.5 Å². The first kappa shape index (κ1) is 15.9. The third-order valence-electron chi connectivity index (χ3n) is 2.11. The number of ether oxygens (including phenoxy) is 1. The SMILES string of the molecule is CC(Br)C(=O)c1ccc(C(F)F)cc1OC(F)(F)F. The fraction of sp³-hybridized carbons (Fsp3) is 0.364. The van der Waals surface area contributed by atoms with Crippen LogP contribution >= 0.6 is 15.9 Å². The Balaban J connectivity index is 3.26. The lowest BCUT2D eigenvalue weighted by atomic mass is 10.1. The molecule has 8 heteroatoms. The maximum absolute atomic E-state index is 12.4. The third kappa shape index (κ3) is 4.45. The van der Waals surface area contributed by atoms with Crippen molar-refractivity contribution in [3.63, 3.8) is 0 Å². The minimum absolute atomic E-state index is 0.411. The van der Waals surface area contributed by atoms with Crippen molar-refractivity contribution in [2.24, 2.45) is 0 Å². The Kier molecular flexibility index (Phi) is 4.89. The number of hydrogen-bond acceptors (Lipinski definition) is 2. The van der Waals surface area contributed by atoms with E-state index in [1.807, 2.05) is 0 Å². The molecule has 1 aromatic rings. The van der Waals surface area contributed by atoms with Crippen LogP contribution in [0, 0.1) is 0 Å².